The molecule has 1 N–H and O–H groups in total. The van der Waals surface area contributed by atoms with Crippen LogP contribution in [0, 0.1) is 6.92 Å². The minimum Gasteiger partial charge on any atom is -0.497 e. The molecule has 4 aromatic rings. The van der Waals surface area contributed by atoms with Gasteiger partial charge in [-0.25, -0.2) is 4.79 Å². The van der Waals surface area contributed by atoms with Crippen molar-refractivity contribution in [3.05, 3.63) is 81.7 Å². The zero-order chi connectivity index (χ0) is 23.0. The molecule has 2 aromatic heterocycles. The summed E-state index contributed by atoms with van der Waals surface area (Å²) in [6, 6.07) is 14.4. The molecular weight excluding hydrogens is 408 g/mol. The Balaban J connectivity index is 1.64. The summed E-state index contributed by atoms with van der Waals surface area (Å²) in [5.74, 6) is 1.28. The van der Waals surface area contributed by atoms with Gasteiger partial charge in [-0.2, -0.15) is 0 Å². The van der Waals surface area contributed by atoms with Crippen molar-refractivity contribution < 1.29 is 18.4 Å². The second-order valence-corrected chi connectivity index (χ2v) is 8.77. The Morgan fingerprint density at radius 1 is 1.09 bits per heavy atom. The maximum Gasteiger partial charge on any atom is 0.420 e. The Morgan fingerprint density at radius 3 is 2.56 bits per heavy atom. The van der Waals surface area contributed by atoms with E-state index in [0.29, 0.717) is 40.4 Å². The van der Waals surface area contributed by atoms with Crippen LogP contribution in [0.5, 0.6) is 5.75 Å². The first kappa shape index (κ1) is 21.5. The molecule has 4 rings (SSSR count). The lowest BCUT2D eigenvalue weighted by atomic mass is 9.93. The van der Waals surface area contributed by atoms with Gasteiger partial charge in [-0.1, -0.05) is 32.9 Å². The molecule has 0 aliphatic carbocycles. The van der Waals surface area contributed by atoms with Crippen LogP contribution in [0.3, 0.4) is 0 Å². The third kappa shape index (κ3) is 4.19. The number of ether oxygens (including phenoxy) is 1. The van der Waals surface area contributed by atoms with Gasteiger partial charge in [0.25, 0.3) is 5.91 Å². The maximum atomic E-state index is 12.9. The van der Waals surface area contributed by atoms with Crippen molar-refractivity contribution in [3.8, 4) is 5.75 Å². The van der Waals surface area contributed by atoms with Crippen LogP contribution in [0.4, 0.5) is 5.69 Å². The van der Waals surface area contributed by atoms with Crippen LogP contribution in [-0.2, 0) is 12.0 Å². The molecule has 0 aliphatic heterocycles. The van der Waals surface area contributed by atoms with Crippen LogP contribution in [0.15, 0.2) is 62.2 Å². The molecule has 1 amide bonds. The van der Waals surface area contributed by atoms with Crippen LogP contribution < -0.4 is 15.8 Å². The average Bonchev–Trinajstić information content (AvgIpc) is 3.28. The number of aryl methyl sites for hydroxylation is 1. The second kappa shape index (κ2) is 8.07. The van der Waals surface area contributed by atoms with Gasteiger partial charge in [-0.3, -0.25) is 9.36 Å². The monoisotopic (exact) mass is 434 g/mol. The maximum absolute atomic E-state index is 12.9. The Bertz CT molecular complexity index is 1350. The molecule has 166 valence electrons. The number of oxazole rings is 1. The number of fused-ring (bicyclic) bond motifs is 1. The van der Waals surface area contributed by atoms with Crippen LogP contribution in [0.25, 0.3) is 11.1 Å². The van der Waals surface area contributed by atoms with Crippen LogP contribution in [0.1, 0.15) is 48.2 Å². The van der Waals surface area contributed by atoms with Gasteiger partial charge in [-0.15, -0.1) is 0 Å². The summed E-state index contributed by atoms with van der Waals surface area (Å²) in [7, 11) is 1.60. The summed E-state index contributed by atoms with van der Waals surface area (Å²) in [6.45, 7) is 8.18. The van der Waals surface area contributed by atoms with E-state index >= 15 is 0 Å². The minimum atomic E-state index is -0.466. The lowest BCUT2D eigenvalue weighted by molar-refractivity contribution is 0.102. The zero-order valence-electron chi connectivity index (χ0n) is 18.8. The molecule has 0 unspecified atom stereocenters. The number of benzene rings is 2. The fourth-order valence-corrected chi connectivity index (χ4v) is 3.52. The van der Waals surface area contributed by atoms with E-state index in [-0.39, 0.29) is 11.3 Å². The van der Waals surface area contributed by atoms with Gasteiger partial charge in [0.15, 0.2) is 5.58 Å². The summed E-state index contributed by atoms with van der Waals surface area (Å²) in [6.07, 6.45) is 0. The topological polar surface area (TPSA) is 86.6 Å². The van der Waals surface area contributed by atoms with Crippen molar-refractivity contribution >= 4 is 22.7 Å². The molecule has 0 bridgehead atoms. The number of hydrogen-bond acceptors (Lipinski definition) is 5. The van der Waals surface area contributed by atoms with E-state index < -0.39 is 5.76 Å². The normalized spacial score (nSPS) is 11.7. The first-order chi connectivity index (χ1) is 15.2. The van der Waals surface area contributed by atoms with Gasteiger partial charge in [0.2, 0.25) is 0 Å². The first-order valence-corrected chi connectivity index (χ1v) is 10.3. The number of nitrogens with zero attached hydrogens (tertiary/aromatic N) is 1. The molecule has 0 saturated heterocycles. The SMILES string of the molecule is COc1cccc(Cn2c(=O)oc3ccc(NC(=O)c4cc(C(C)(C)C)oc4C)cc32)c1. The third-order valence-electron chi connectivity index (χ3n) is 5.30. The average molecular weight is 434 g/mol. The first-order valence-electron chi connectivity index (χ1n) is 10.3. The minimum absolute atomic E-state index is 0.199. The van der Waals surface area contributed by atoms with E-state index in [2.05, 4.69) is 5.32 Å². The predicted octanol–water partition coefficient (Wildman–Crippen LogP) is 5.10. The number of carbonyl (C=O) groups is 1. The molecule has 7 heteroatoms. The molecule has 2 heterocycles. The summed E-state index contributed by atoms with van der Waals surface area (Å²) in [4.78, 5) is 25.3. The van der Waals surface area contributed by atoms with Crippen LogP contribution in [-0.4, -0.2) is 17.6 Å². The Labute approximate surface area is 185 Å². The molecule has 0 spiro atoms. The number of anilines is 1. The zero-order valence-corrected chi connectivity index (χ0v) is 18.8. The van der Waals surface area contributed by atoms with Crippen molar-refractivity contribution in [2.75, 3.05) is 12.4 Å². The summed E-state index contributed by atoms with van der Waals surface area (Å²) in [5, 5.41) is 2.90. The molecule has 0 aliphatic rings. The molecule has 0 fully saturated rings. The lowest BCUT2D eigenvalue weighted by Crippen LogP contribution is -2.15. The molecule has 0 atom stereocenters. The van der Waals surface area contributed by atoms with E-state index in [1.54, 1.807) is 38.3 Å². The van der Waals surface area contributed by atoms with E-state index in [0.717, 1.165) is 11.3 Å². The van der Waals surface area contributed by atoms with Crippen molar-refractivity contribution in [2.45, 2.75) is 39.7 Å². The fourth-order valence-electron chi connectivity index (χ4n) is 3.52. The van der Waals surface area contributed by atoms with Crippen LogP contribution in [0.2, 0.25) is 0 Å². The fraction of sp³-hybridized carbons (Fsp3) is 0.280. The summed E-state index contributed by atoms with van der Waals surface area (Å²) in [5.41, 5.74) is 2.78. The van der Waals surface area contributed by atoms with Crippen molar-refractivity contribution in [2.24, 2.45) is 0 Å². The van der Waals surface area contributed by atoms with Crippen molar-refractivity contribution in [1.29, 1.82) is 0 Å². The van der Waals surface area contributed by atoms with Gasteiger partial charge in [0.1, 0.15) is 17.3 Å². The van der Waals surface area contributed by atoms with E-state index in [9.17, 15) is 9.59 Å². The quantitative estimate of drug-likeness (QED) is 0.472. The van der Waals surface area contributed by atoms with Gasteiger partial charge in [0, 0.05) is 11.1 Å². The van der Waals surface area contributed by atoms with Crippen molar-refractivity contribution in [1.82, 2.24) is 4.57 Å². The van der Waals surface area contributed by atoms with E-state index in [4.69, 9.17) is 13.6 Å². The summed E-state index contributed by atoms with van der Waals surface area (Å²) >= 11 is 0. The number of rotatable bonds is 5. The van der Waals surface area contributed by atoms with Gasteiger partial charge >= 0.3 is 5.76 Å². The number of amides is 1. The van der Waals surface area contributed by atoms with Gasteiger partial charge in [0.05, 0.1) is 24.7 Å². The highest BCUT2D eigenvalue weighted by molar-refractivity contribution is 6.05. The molecule has 32 heavy (non-hydrogen) atoms. The standard InChI is InChI=1S/C25H26N2O5/c1-15-19(13-22(31-15)25(2,3)4)23(28)26-17-9-10-21-20(12-17)27(24(29)32-21)14-16-7-6-8-18(11-16)30-5/h6-13H,14H2,1-5H3,(H,26,28). The largest absolute Gasteiger partial charge is 0.497 e. The Hall–Kier alpha value is -3.74. The highest BCUT2D eigenvalue weighted by Gasteiger charge is 2.23. The van der Waals surface area contributed by atoms with E-state index in [1.165, 1.54) is 4.57 Å². The molecule has 0 radical (unpaired) electrons. The van der Waals surface area contributed by atoms with Gasteiger partial charge < -0.3 is 18.9 Å². The van der Waals surface area contributed by atoms with Crippen molar-refractivity contribution in [3.63, 3.8) is 0 Å². The number of carbonyl (C=O) groups excluding carboxylic acids is 1. The number of methoxy groups -OCH3 is 1. The lowest BCUT2D eigenvalue weighted by Gasteiger charge is -2.13. The smallest absolute Gasteiger partial charge is 0.420 e. The Morgan fingerprint density at radius 2 is 1.88 bits per heavy atom. The third-order valence-corrected chi connectivity index (χ3v) is 5.30. The van der Waals surface area contributed by atoms with Crippen LogP contribution >= 0.6 is 0 Å². The molecular formula is C25H26N2O5. The number of furan rings is 1. The highest BCUT2D eigenvalue weighted by Crippen LogP contribution is 2.28. The number of aromatic nitrogens is 1. The van der Waals surface area contributed by atoms with E-state index in [1.807, 2.05) is 45.0 Å². The highest BCUT2D eigenvalue weighted by atomic mass is 16.5. The number of hydrogen-bond donors (Lipinski definition) is 1. The molecule has 2 aromatic carbocycles. The number of nitrogens with one attached hydrogen (secondary N) is 1. The predicted molar refractivity (Wildman–Crippen MR) is 123 cm³/mol. The molecule has 7 nitrogen and oxygen atoms in total. The summed E-state index contributed by atoms with van der Waals surface area (Å²) < 4.78 is 18.0. The molecule has 0 saturated carbocycles. The van der Waals surface area contributed by atoms with Gasteiger partial charge in [-0.05, 0) is 48.9 Å². The Kier molecular flexibility index (Phi) is 5.42. The second-order valence-electron chi connectivity index (χ2n) is 8.77.